The molecule has 0 aliphatic heterocycles. The molecule has 0 fully saturated rings. The SMILES string of the molecule is c1ccc2c(c1)oc1cccc(-c3ccc(N(c4ccc(-c5cccc6oc7ccccc7c56)cc4)c4ccc(-c5cccc6oc7ccccc7c56)cc4)cc3)c12. The number of para-hydroxylation sites is 3. The van der Waals surface area contributed by atoms with Gasteiger partial charge >= 0.3 is 0 Å². The van der Waals surface area contributed by atoms with Crippen LogP contribution in [0.3, 0.4) is 0 Å². The summed E-state index contributed by atoms with van der Waals surface area (Å²) in [5.41, 5.74) is 15.4. The van der Waals surface area contributed by atoms with Crippen LogP contribution in [0.2, 0.25) is 0 Å². The minimum atomic E-state index is 0.891. The van der Waals surface area contributed by atoms with Crippen molar-refractivity contribution in [1.82, 2.24) is 0 Å². The fraction of sp³-hybridized carbons (Fsp3) is 0. The zero-order valence-electron chi connectivity index (χ0n) is 31.2. The molecular weight excluding hydrogens is 711 g/mol. The Labute approximate surface area is 333 Å². The number of hydrogen-bond acceptors (Lipinski definition) is 4. The molecule has 0 N–H and O–H groups in total. The van der Waals surface area contributed by atoms with Gasteiger partial charge < -0.3 is 18.2 Å². The molecule has 0 saturated heterocycles. The van der Waals surface area contributed by atoms with Gasteiger partial charge in [0.15, 0.2) is 0 Å². The van der Waals surface area contributed by atoms with Crippen molar-refractivity contribution in [2.75, 3.05) is 4.90 Å². The van der Waals surface area contributed by atoms with Crippen molar-refractivity contribution in [1.29, 1.82) is 0 Å². The Balaban J connectivity index is 0.973. The number of furan rings is 3. The molecule has 0 unspecified atom stereocenters. The summed E-state index contributed by atoms with van der Waals surface area (Å²) >= 11 is 0. The molecule has 0 saturated carbocycles. The molecule has 3 aromatic heterocycles. The van der Waals surface area contributed by atoms with E-state index in [9.17, 15) is 0 Å². The Bertz CT molecular complexity index is 3120. The van der Waals surface area contributed by atoms with Crippen LogP contribution in [0.5, 0.6) is 0 Å². The van der Waals surface area contributed by atoms with Gasteiger partial charge in [0.25, 0.3) is 0 Å². The largest absolute Gasteiger partial charge is 0.456 e. The first-order valence-corrected chi connectivity index (χ1v) is 19.6. The van der Waals surface area contributed by atoms with Gasteiger partial charge in [-0.05, 0) is 106 Å². The summed E-state index contributed by atoms with van der Waals surface area (Å²) in [6.45, 7) is 0. The third-order valence-corrected chi connectivity index (χ3v) is 11.5. The lowest BCUT2D eigenvalue weighted by Crippen LogP contribution is -2.09. The minimum absolute atomic E-state index is 0.891. The van der Waals surface area contributed by atoms with Gasteiger partial charge in [0, 0.05) is 49.4 Å². The van der Waals surface area contributed by atoms with Crippen LogP contribution < -0.4 is 4.90 Å². The molecule has 0 bridgehead atoms. The first-order chi connectivity index (χ1) is 28.7. The zero-order valence-corrected chi connectivity index (χ0v) is 31.2. The zero-order chi connectivity index (χ0) is 38.2. The number of hydrogen-bond donors (Lipinski definition) is 0. The topological polar surface area (TPSA) is 42.7 Å². The summed E-state index contributed by atoms with van der Waals surface area (Å²) in [5.74, 6) is 0. The van der Waals surface area contributed by atoms with Crippen LogP contribution in [0.1, 0.15) is 0 Å². The Morgan fingerprint density at radius 3 is 0.828 bits per heavy atom. The molecule has 12 aromatic rings. The van der Waals surface area contributed by atoms with Crippen molar-refractivity contribution in [3.63, 3.8) is 0 Å². The van der Waals surface area contributed by atoms with E-state index in [1.54, 1.807) is 0 Å². The molecule has 12 rings (SSSR count). The number of anilines is 3. The molecule has 9 aromatic carbocycles. The van der Waals surface area contributed by atoms with Gasteiger partial charge in [0.2, 0.25) is 0 Å². The van der Waals surface area contributed by atoms with E-state index in [4.69, 9.17) is 13.3 Å². The molecule has 4 nitrogen and oxygen atoms in total. The molecule has 0 aliphatic rings. The van der Waals surface area contributed by atoms with Gasteiger partial charge in [0.1, 0.15) is 33.5 Å². The van der Waals surface area contributed by atoms with E-state index in [-0.39, 0.29) is 0 Å². The Kier molecular flexibility index (Phi) is 7.20. The summed E-state index contributed by atoms with van der Waals surface area (Å²) in [6, 6.07) is 70.3. The predicted octanol–water partition coefficient (Wildman–Crippen LogP) is 15.9. The van der Waals surface area contributed by atoms with Gasteiger partial charge in [0.05, 0.1) is 0 Å². The van der Waals surface area contributed by atoms with Crippen molar-refractivity contribution in [2.45, 2.75) is 0 Å². The molecule has 0 amide bonds. The molecule has 58 heavy (non-hydrogen) atoms. The first kappa shape index (κ1) is 32.4. The number of nitrogens with zero attached hydrogens (tertiary/aromatic N) is 1. The highest BCUT2D eigenvalue weighted by Crippen LogP contribution is 2.43. The Morgan fingerprint density at radius 2 is 0.517 bits per heavy atom. The van der Waals surface area contributed by atoms with Crippen LogP contribution in [0, 0.1) is 0 Å². The molecule has 0 spiro atoms. The normalized spacial score (nSPS) is 11.8. The maximum absolute atomic E-state index is 6.24. The quantitative estimate of drug-likeness (QED) is 0.170. The number of rotatable bonds is 6. The van der Waals surface area contributed by atoms with Crippen molar-refractivity contribution in [3.05, 3.63) is 200 Å². The predicted molar refractivity (Wildman–Crippen MR) is 239 cm³/mol. The first-order valence-electron chi connectivity index (χ1n) is 19.6. The maximum Gasteiger partial charge on any atom is 0.136 e. The van der Waals surface area contributed by atoms with E-state index in [1.807, 2.05) is 54.6 Å². The van der Waals surface area contributed by atoms with E-state index in [0.29, 0.717) is 0 Å². The van der Waals surface area contributed by atoms with Gasteiger partial charge in [-0.15, -0.1) is 0 Å². The highest BCUT2D eigenvalue weighted by Gasteiger charge is 2.18. The van der Waals surface area contributed by atoms with Crippen LogP contribution in [-0.4, -0.2) is 0 Å². The molecule has 272 valence electrons. The molecule has 4 heteroatoms. The van der Waals surface area contributed by atoms with Gasteiger partial charge in [-0.25, -0.2) is 0 Å². The van der Waals surface area contributed by atoms with Crippen LogP contribution in [0.25, 0.3) is 99.2 Å². The Morgan fingerprint density at radius 1 is 0.241 bits per heavy atom. The minimum Gasteiger partial charge on any atom is -0.456 e. The highest BCUT2D eigenvalue weighted by atomic mass is 16.3. The number of benzene rings is 9. The molecule has 0 atom stereocenters. The van der Waals surface area contributed by atoms with Crippen molar-refractivity contribution < 1.29 is 13.3 Å². The fourth-order valence-corrected chi connectivity index (χ4v) is 8.86. The molecular formula is C54H33NO3. The second kappa shape index (κ2) is 12.9. The average Bonchev–Trinajstić information content (AvgIpc) is 3.99. The van der Waals surface area contributed by atoms with Crippen molar-refractivity contribution in [3.8, 4) is 33.4 Å². The van der Waals surface area contributed by atoms with Crippen molar-refractivity contribution in [2.24, 2.45) is 0 Å². The highest BCUT2D eigenvalue weighted by molar-refractivity contribution is 6.14. The lowest BCUT2D eigenvalue weighted by Gasteiger charge is -2.26. The van der Waals surface area contributed by atoms with E-state index >= 15 is 0 Å². The van der Waals surface area contributed by atoms with Crippen LogP contribution in [0.15, 0.2) is 213 Å². The second-order valence-corrected chi connectivity index (χ2v) is 14.8. The smallest absolute Gasteiger partial charge is 0.136 e. The summed E-state index contributed by atoms with van der Waals surface area (Å²) in [4.78, 5) is 2.33. The van der Waals surface area contributed by atoms with Gasteiger partial charge in [-0.2, -0.15) is 0 Å². The lowest BCUT2D eigenvalue weighted by atomic mass is 9.98. The standard InChI is InChI=1S/C54H33NO3/c1-4-16-46-43(10-1)52-40(13-7-19-49(52)56-46)34-22-28-37(29-23-34)55(38-30-24-35(25-31-38)41-14-8-20-50-53(41)44-11-2-5-17-47(44)57-50)39-32-26-36(27-33-39)42-15-9-21-51-54(42)45-12-3-6-18-48(45)58-51/h1-33H. The van der Waals surface area contributed by atoms with E-state index < -0.39 is 0 Å². The monoisotopic (exact) mass is 743 g/mol. The maximum atomic E-state index is 6.24. The van der Waals surface area contributed by atoms with E-state index in [1.165, 1.54) is 0 Å². The summed E-state index contributed by atoms with van der Waals surface area (Å²) in [5, 5.41) is 6.77. The molecule has 3 heterocycles. The number of fused-ring (bicyclic) bond motifs is 9. The summed E-state index contributed by atoms with van der Waals surface area (Å²) in [6.07, 6.45) is 0. The van der Waals surface area contributed by atoms with E-state index in [2.05, 4.69) is 150 Å². The Hall–Kier alpha value is -7.82. The average molecular weight is 744 g/mol. The fourth-order valence-electron chi connectivity index (χ4n) is 8.86. The lowest BCUT2D eigenvalue weighted by molar-refractivity contribution is 0.668. The van der Waals surface area contributed by atoms with Crippen molar-refractivity contribution >= 4 is 82.9 Å². The van der Waals surface area contributed by atoms with Gasteiger partial charge in [-0.3, -0.25) is 0 Å². The van der Waals surface area contributed by atoms with Crippen LogP contribution in [0.4, 0.5) is 17.1 Å². The third-order valence-electron chi connectivity index (χ3n) is 11.5. The molecule has 0 aliphatic carbocycles. The third kappa shape index (κ3) is 5.09. The summed E-state index contributed by atoms with van der Waals surface area (Å²) in [7, 11) is 0. The second-order valence-electron chi connectivity index (χ2n) is 14.8. The van der Waals surface area contributed by atoms with Crippen LogP contribution in [-0.2, 0) is 0 Å². The summed E-state index contributed by atoms with van der Waals surface area (Å²) < 4.78 is 18.7. The molecule has 0 radical (unpaired) electrons. The van der Waals surface area contributed by atoms with Crippen LogP contribution >= 0.6 is 0 Å². The van der Waals surface area contributed by atoms with Gasteiger partial charge in [-0.1, -0.05) is 127 Å². The van der Waals surface area contributed by atoms with E-state index in [0.717, 1.165) is 116 Å².